The molecule has 20 heavy (non-hydrogen) atoms. The van der Waals surface area contributed by atoms with E-state index in [2.05, 4.69) is 5.32 Å². The second kappa shape index (κ2) is 6.59. The highest BCUT2D eigenvalue weighted by molar-refractivity contribution is 6.39. The van der Waals surface area contributed by atoms with Gasteiger partial charge in [-0.05, 0) is 24.3 Å². The summed E-state index contributed by atoms with van der Waals surface area (Å²) in [7, 11) is 0. The van der Waals surface area contributed by atoms with Gasteiger partial charge in [-0.2, -0.15) is 0 Å². The van der Waals surface area contributed by atoms with Crippen molar-refractivity contribution in [3.05, 3.63) is 52.3 Å². The number of hydrogen-bond acceptors (Lipinski definition) is 2. The first-order valence-corrected chi connectivity index (χ1v) is 6.71. The second-order valence-electron chi connectivity index (χ2n) is 4.14. The molecular formula is C14H12Cl2N2O2. The van der Waals surface area contributed by atoms with Gasteiger partial charge in [0.1, 0.15) is 0 Å². The van der Waals surface area contributed by atoms with Crippen LogP contribution in [0.1, 0.15) is 16.9 Å². The molecule has 0 fully saturated rings. The third-order valence-corrected chi connectivity index (χ3v) is 3.42. The molecule has 1 N–H and O–H groups in total. The zero-order valence-electron chi connectivity index (χ0n) is 10.5. The maximum absolute atomic E-state index is 11.9. The first kappa shape index (κ1) is 14.6. The van der Waals surface area contributed by atoms with Crippen molar-refractivity contribution in [3.8, 4) is 0 Å². The van der Waals surface area contributed by atoms with E-state index in [1.54, 1.807) is 41.1 Å². The smallest absolute Gasteiger partial charge is 0.226 e. The number of benzene rings is 1. The van der Waals surface area contributed by atoms with Crippen LogP contribution in [-0.4, -0.2) is 16.8 Å². The van der Waals surface area contributed by atoms with Crippen LogP contribution in [0.3, 0.4) is 0 Å². The Labute approximate surface area is 126 Å². The minimum absolute atomic E-state index is 0.217. The molecule has 2 aromatic rings. The fourth-order valence-corrected chi connectivity index (χ4v) is 2.27. The molecule has 0 saturated heterocycles. The summed E-state index contributed by atoms with van der Waals surface area (Å²) in [6.45, 7) is 0.412. The van der Waals surface area contributed by atoms with Gasteiger partial charge in [0.2, 0.25) is 5.91 Å². The lowest BCUT2D eigenvalue weighted by molar-refractivity contribution is -0.116. The van der Waals surface area contributed by atoms with Crippen LogP contribution in [0.5, 0.6) is 0 Å². The number of halogens is 2. The highest BCUT2D eigenvalue weighted by atomic mass is 35.5. The van der Waals surface area contributed by atoms with E-state index in [9.17, 15) is 9.59 Å². The van der Waals surface area contributed by atoms with Gasteiger partial charge in [-0.25, -0.2) is 0 Å². The third-order valence-electron chi connectivity index (χ3n) is 2.79. The van der Waals surface area contributed by atoms with Crippen LogP contribution in [0.25, 0.3) is 0 Å². The van der Waals surface area contributed by atoms with Gasteiger partial charge in [-0.1, -0.05) is 29.3 Å². The van der Waals surface area contributed by atoms with E-state index in [0.29, 0.717) is 28.0 Å². The van der Waals surface area contributed by atoms with Gasteiger partial charge in [-0.3, -0.25) is 9.59 Å². The summed E-state index contributed by atoms with van der Waals surface area (Å²) in [5.74, 6) is -0.217. The Morgan fingerprint density at radius 2 is 1.90 bits per heavy atom. The topological polar surface area (TPSA) is 51.1 Å². The fourth-order valence-electron chi connectivity index (χ4n) is 1.78. The van der Waals surface area contributed by atoms with Gasteiger partial charge in [0, 0.05) is 19.2 Å². The molecule has 2 rings (SSSR count). The summed E-state index contributed by atoms with van der Waals surface area (Å²) in [5.41, 5.74) is 0.942. The third kappa shape index (κ3) is 3.40. The molecule has 0 spiro atoms. The molecule has 0 bridgehead atoms. The first-order chi connectivity index (χ1) is 9.61. The summed E-state index contributed by atoms with van der Waals surface area (Å²) < 4.78 is 1.71. The quantitative estimate of drug-likeness (QED) is 0.857. The number of carbonyl (C=O) groups is 2. The Balaban J connectivity index is 1.98. The number of para-hydroxylation sites is 1. The van der Waals surface area contributed by atoms with Crippen LogP contribution in [-0.2, 0) is 11.3 Å². The van der Waals surface area contributed by atoms with Crippen molar-refractivity contribution in [2.75, 3.05) is 5.32 Å². The Morgan fingerprint density at radius 3 is 2.55 bits per heavy atom. The molecule has 0 atom stereocenters. The molecule has 0 aliphatic rings. The van der Waals surface area contributed by atoms with Crippen LogP contribution < -0.4 is 5.32 Å². The maximum Gasteiger partial charge on any atom is 0.226 e. The molecule has 1 amide bonds. The molecule has 1 heterocycles. The Morgan fingerprint density at radius 1 is 1.20 bits per heavy atom. The highest BCUT2D eigenvalue weighted by Gasteiger charge is 2.10. The van der Waals surface area contributed by atoms with Crippen molar-refractivity contribution < 1.29 is 9.59 Å². The Hall–Kier alpha value is -1.78. The number of carbonyl (C=O) groups excluding carboxylic acids is 2. The predicted octanol–water partition coefficient (Wildman–Crippen LogP) is 3.64. The fraction of sp³-hybridized carbons (Fsp3) is 0.143. The van der Waals surface area contributed by atoms with Crippen LogP contribution in [0.15, 0.2) is 36.5 Å². The van der Waals surface area contributed by atoms with Crippen molar-refractivity contribution >= 4 is 41.1 Å². The van der Waals surface area contributed by atoms with E-state index in [1.165, 1.54) is 0 Å². The highest BCUT2D eigenvalue weighted by Crippen LogP contribution is 2.29. The molecule has 0 radical (unpaired) electrons. The molecule has 0 saturated carbocycles. The van der Waals surface area contributed by atoms with E-state index >= 15 is 0 Å². The molecular weight excluding hydrogens is 299 g/mol. The van der Waals surface area contributed by atoms with Crippen molar-refractivity contribution in [2.45, 2.75) is 13.0 Å². The average molecular weight is 311 g/mol. The van der Waals surface area contributed by atoms with Crippen molar-refractivity contribution in [1.29, 1.82) is 0 Å². The number of nitrogens with one attached hydrogen (secondary N) is 1. The normalized spacial score (nSPS) is 10.3. The van der Waals surface area contributed by atoms with Gasteiger partial charge in [0.05, 0.1) is 21.4 Å². The average Bonchev–Trinajstić information content (AvgIpc) is 2.88. The van der Waals surface area contributed by atoms with Gasteiger partial charge < -0.3 is 9.88 Å². The number of aromatic nitrogens is 1. The number of rotatable bonds is 5. The minimum Gasteiger partial charge on any atom is -0.345 e. The standard InChI is InChI=1S/C14H12Cl2N2O2/c15-11-4-1-5-12(16)14(11)17-13(20)6-8-18-7-2-3-10(18)9-19/h1-5,7,9H,6,8H2,(H,17,20). The van der Waals surface area contributed by atoms with E-state index in [0.717, 1.165) is 6.29 Å². The van der Waals surface area contributed by atoms with Crippen molar-refractivity contribution in [3.63, 3.8) is 0 Å². The number of nitrogens with zero attached hydrogens (tertiary/aromatic N) is 1. The number of aryl methyl sites for hydroxylation is 1. The molecule has 104 valence electrons. The van der Waals surface area contributed by atoms with Gasteiger partial charge >= 0.3 is 0 Å². The lowest BCUT2D eigenvalue weighted by Gasteiger charge is -2.10. The van der Waals surface area contributed by atoms with E-state index in [-0.39, 0.29) is 12.3 Å². The van der Waals surface area contributed by atoms with Gasteiger partial charge in [0.25, 0.3) is 0 Å². The summed E-state index contributed by atoms with van der Waals surface area (Å²) in [6.07, 6.45) is 2.72. The first-order valence-electron chi connectivity index (χ1n) is 5.96. The van der Waals surface area contributed by atoms with Crippen molar-refractivity contribution in [1.82, 2.24) is 4.57 Å². The molecule has 0 aliphatic carbocycles. The number of aldehydes is 1. The van der Waals surface area contributed by atoms with E-state index in [1.807, 2.05) is 0 Å². The molecule has 0 unspecified atom stereocenters. The van der Waals surface area contributed by atoms with E-state index in [4.69, 9.17) is 23.2 Å². The number of hydrogen-bond donors (Lipinski definition) is 1. The predicted molar refractivity (Wildman–Crippen MR) is 79.5 cm³/mol. The monoisotopic (exact) mass is 310 g/mol. The van der Waals surface area contributed by atoms with Crippen molar-refractivity contribution in [2.24, 2.45) is 0 Å². The van der Waals surface area contributed by atoms with Crippen LogP contribution in [0.4, 0.5) is 5.69 Å². The van der Waals surface area contributed by atoms with Crippen LogP contribution in [0.2, 0.25) is 10.0 Å². The van der Waals surface area contributed by atoms with E-state index < -0.39 is 0 Å². The van der Waals surface area contributed by atoms with Gasteiger partial charge in [-0.15, -0.1) is 0 Å². The molecule has 0 aliphatic heterocycles. The summed E-state index contributed by atoms with van der Waals surface area (Å²) in [4.78, 5) is 22.6. The van der Waals surface area contributed by atoms with Crippen LogP contribution >= 0.6 is 23.2 Å². The molecule has 1 aromatic carbocycles. The Bertz CT molecular complexity index is 618. The summed E-state index contributed by atoms with van der Waals surface area (Å²) in [5, 5.41) is 3.45. The summed E-state index contributed by atoms with van der Waals surface area (Å²) in [6, 6.07) is 8.46. The Kier molecular flexibility index (Phi) is 4.82. The molecule has 1 aromatic heterocycles. The zero-order valence-corrected chi connectivity index (χ0v) is 12.0. The van der Waals surface area contributed by atoms with Gasteiger partial charge in [0.15, 0.2) is 6.29 Å². The largest absolute Gasteiger partial charge is 0.345 e. The molecule has 6 heteroatoms. The lowest BCUT2D eigenvalue weighted by Crippen LogP contribution is -2.15. The number of anilines is 1. The zero-order chi connectivity index (χ0) is 14.5. The van der Waals surface area contributed by atoms with Crippen LogP contribution in [0, 0.1) is 0 Å². The minimum atomic E-state index is -0.217. The maximum atomic E-state index is 11.9. The number of amides is 1. The second-order valence-corrected chi connectivity index (χ2v) is 4.95. The lowest BCUT2D eigenvalue weighted by atomic mass is 10.3. The SMILES string of the molecule is O=Cc1cccn1CCC(=O)Nc1c(Cl)cccc1Cl. The molecule has 4 nitrogen and oxygen atoms in total. The summed E-state index contributed by atoms with van der Waals surface area (Å²) >= 11 is 11.9.